The van der Waals surface area contributed by atoms with E-state index in [1.165, 1.54) is 0 Å². The van der Waals surface area contributed by atoms with Crippen LogP contribution in [0.25, 0.3) is 4.96 Å². The van der Waals surface area contributed by atoms with Crippen LogP contribution in [0.1, 0.15) is 5.69 Å². The van der Waals surface area contributed by atoms with E-state index in [0.29, 0.717) is 6.10 Å². The lowest BCUT2D eigenvalue weighted by atomic mass is 10.3. The Morgan fingerprint density at radius 3 is 3.35 bits per heavy atom. The van der Waals surface area contributed by atoms with Gasteiger partial charge in [-0.2, -0.15) is 0 Å². The third-order valence-corrected chi connectivity index (χ3v) is 4.42. The van der Waals surface area contributed by atoms with Crippen LogP contribution in [0, 0.1) is 0 Å². The Hall–Kier alpha value is -0.430. The maximum atomic E-state index is 5.63. The molecule has 2 aromatic heterocycles. The molecule has 1 unspecified atom stereocenters. The lowest BCUT2D eigenvalue weighted by Crippen LogP contribution is -2.42. The highest BCUT2D eigenvalue weighted by atomic mass is 79.9. The monoisotopic (exact) mass is 315 g/mol. The van der Waals surface area contributed by atoms with Gasteiger partial charge >= 0.3 is 0 Å². The Kier molecular flexibility index (Phi) is 3.46. The third-order valence-electron chi connectivity index (χ3n) is 2.92. The van der Waals surface area contributed by atoms with Crippen LogP contribution < -0.4 is 0 Å². The molecule has 0 aliphatic carbocycles. The van der Waals surface area contributed by atoms with Crippen LogP contribution in [0.2, 0.25) is 0 Å². The first-order valence-corrected chi connectivity index (χ1v) is 7.66. The van der Waals surface area contributed by atoms with Crippen LogP contribution in [0.3, 0.4) is 0 Å². The minimum atomic E-state index is 0.312. The molecule has 3 heterocycles. The van der Waals surface area contributed by atoms with Crippen LogP contribution in [0.15, 0.2) is 17.8 Å². The van der Waals surface area contributed by atoms with E-state index in [4.69, 9.17) is 4.74 Å². The summed E-state index contributed by atoms with van der Waals surface area (Å²) < 4.78 is 7.71. The second-order valence-corrected chi connectivity index (χ2v) is 5.73. The molecule has 1 saturated heterocycles. The molecule has 0 bridgehead atoms. The van der Waals surface area contributed by atoms with Gasteiger partial charge in [0.15, 0.2) is 4.96 Å². The van der Waals surface area contributed by atoms with Crippen molar-refractivity contribution >= 4 is 32.2 Å². The molecule has 3 rings (SSSR count). The molecule has 6 heteroatoms. The number of fused-ring (bicyclic) bond motifs is 1. The van der Waals surface area contributed by atoms with Crippen molar-refractivity contribution in [3.63, 3.8) is 0 Å². The van der Waals surface area contributed by atoms with Gasteiger partial charge in [-0.15, -0.1) is 11.3 Å². The normalized spacial score (nSPS) is 22.3. The highest BCUT2D eigenvalue weighted by molar-refractivity contribution is 9.09. The molecular formula is C11H14BrN3OS. The molecule has 0 amide bonds. The summed E-state index contributed by atoms with van der Waals surface area (Å²) in [5.41, 5.74) is 1.15. The van der Waals surface area contributed by atoms with E-state index in [2.05, 4.69) is 48.0 Å². The molecule has 92 valence electrons. The van der Waals surface area contributed by atoms with Gasteiger partial charge in [0.05, 0.1) is 18.4 Å². The molecule has 1 fully saturated rings. The number of imidazole rings is 1. The molecule has 1 aliphatic heterocycles. The maximum absolute atomic E-state index is 5.63. The first-order valence-electron chi connectivity index (χ1n) is 5.66. The first-order chi connectivity index (χ1) is 8.35. The number of aromatic nitrogens is 2. The second kappa shape index (κ2) is 5.06. The van der Waals surface area contributed by atoms with Crippen molar-refractivity contribution in [2.75, 3.05) is 25.0 Å². The van der Waals surface area contributed by atoms with Gasteiger partial charge in [0.2, 0.25) is 0 Å². The van der Waals surface area contributed by atoms with Crippen molar-refractivity contribution in [2.45, 2.75) is 12.6 Å². The summed E-state index contributed by atoms with van der Waals surface area (Å²) in [6.45, 7) is 3.71. The summed E-state index contributed by atoms with van der Waals surface area (Å²) in [4.78, 5) is 8.08. The van der Waals surface area contributed by atoms with Crippen LogP contribution in [0.4, 0.5) is 0 Å². The lowest BCUT2D eigenvalue weighted by Gasteiger charge is -2.31. The number of hydrogen-bond acceptors (Lipinski definition) is 4. The molecule has 17 heavy (non-hydrogen) atoms. The number of morpholine rings is 1. The molecule has 0 N–H and O–H groups in total. The first kappa shape index (κ1) is 11.6. The predicted octanol–water partition coefficient (Wildman–Crippen LogP) is 1.99. The second-order valence-electron chi connectivity index (χ2n) is 4.21. The van der Waals surface area contributed by atoms with E-state index in [1.54, 1.807) is 11.3 Å². The summed E-state index contributed by atoms with van der Waals surface area (Å²) in [5.74, 6) is 0. The van der Waals surface area contributed by atoms with Crippen LogP contribution in [0.5, 0.6) is 0 Å². The van der Waals surface area contributed by atoms with Crippen molar-refractivity contribution in [1.82, 2.24) is 14.3 Å². The molecule has 0 spiro atoms. The Morgan fingerprint density at radius 2 is 2.53 bits per heavy atom. The zero-order valence-electron chi connectivity index (χ0n) is 9.38. The molecule has 2 aromatic rings. The fourth-order valence-electron chi connectivity index (χ4n) is 2.10. The summed E-state index contributed by atoms with van der Waals surface area (Å²) in [6, 6.07) is 0. The maximum Gasteiger partial charge on any atom is 0.193 e. The lowest BCUT2D eigenvalue weighted by molar-refractivity contribution is -0.0184. The van der Waals surface area contributed by atoms with E-state index < -0.39 is 0 Å². The van der Waals surface area contributed by atoms with Crippen LogP contribution >= 0.6 is 27.3 Å². The quantitative estimate of drug-likeness (QED) is 0.811. The Labute approximate surface area is 112 Å². The van der Waals surface area contributed by atoms with Gasteiger partial charge < -0.3 is 4.74 Å². The molecule has 4 nitrogen and oxygen atoms in total. The fourth-order valence-corrected chi connectivity index (χ4v) is 3.21. The molecule has 1 aliphatic rings. The fraction of sp³-hybridized carbons (Fsp3) is 0.545. The summed E-state index contributed by atoms with van der Waals surface area (Å²) in [6.07, 6.45) is 4.48. The molecule has 0 radical (unpaired) electrons. The van der Waals surface area contributed by atoms with E-state index in [0.717, 1.165) is 42.2 Å². The molecule has 1 atom stereocenters. The SMILES string of the molecule is BrCC1CN(Cc2cn3ccsc3n2)CCO1. The number of nitrogens with zero attached hydrogens (tertiary/aromatic N) is 3. The van der Waals surface area contributed by atoms with Crippen molar-refractivity contribution < 1.29 is 4.74 Å². The van der Waals surface area contributed by atoms with E-state index in [1.807, 2.05) is 0 Å². The Bertz CT molecular complexity index is 469. The Morgan fingerprint density at radius 1 is 1.59 bits per heavy atom. The largest absolute Gasteiger partial charge is 0.375 e. The smallest absolute Gasteiger partial charge is 0.193 e. The van der Waals surface area contributed by atoms with Crippen molar-refractivity contribution in [3.05, 3.63) is 23.5 Å². The van der Waals surface area contributed by atoms with Gasteiger partial charge in [-0.25, -0.2) is 4.98 Å². The van der Waals surface area contributed by atoms with Gasteiger partial charge in [0, 0.05) is 42.7 Å². The number of halogens is 1. The average molecular weight is 316 g/mol. The minimum absolute atomic E-state index is 0.312. The molecule has 0 aromatic carbocycles. The van der Waals surface area contributed by atoms with Crippen LogP contribution in [-0.4, -0.2) is 45.4 Å². The molecular weight excluding hydrogens is 302 g/mol. The van der Waals surface area contributed by atoms with Gasteiger partial charge in [0.25, 0.3) is 0 Å². The van der Waals surface area contributed by atoms with E-state index in [9.17, 15) is 0 Å². The number of rotatable bonds is 3. The zero-order valence-corrected chi connectivity index (χ0v) is 11.8. The number of thiazole rings is 1. The van der Waals surface area contributed by atoms with Gasteiger partial charge in [0.1, 0.15) is 0 Å². The minimum Gasteiger partial charge on any atom is -0.375 e. The summed E-state index contributed by atoms with van der Waals surface area (Å²) in [5, 5.41) is 2.96. The average Bonchev–Trinajstić information content (AvgIpc) is 2.90. The number of ether oxygens (including phenoxy) is 1. The summed E-state index contributed by atoms with van der Waals surface area (Å²) in [7, 11) is 0. The number of hydrogen-bond donors (Lipinski definition) is 0. The van der Waals surface area contributed by atoms with Crippen LogP contribution in [-0.2, 0) is 11.3 Å². The number of alkyl halides is 1. The van der Waals surface area contributed by atoms with Gasteiger partial charge in [-0.1, -0.05) is 15.9 Å². The predicted molar refractivity (Wildman–Crippen MR) is 71.9 cm³/mol. The van der Waals surface area contributed by atoms with E-state index >= 15 is 0 Å². The topological polar surface area (TPSA) is 29.8 Å². The van der Waals surface area contributed by atoms with Crippen molar-refractivity contribution in [2.24, 2.45) is 0 Å². The highest BCUT2D eigenvalue weighted by Gasteiger charge is 2.20. The molecule has 0 saturated carbocycles. The van der Waals surface area contributed by atoms with Gasteiger partial charge in [-0.3, -0.25) is 9.30 Å². The zero-order chi connectivity index (χ0) is 11.7. The summed E-state index contributed by atoms with van der Waals surface area (Å²) >= 11 is 5.15. The highest BCUT2D eigenvalue weighted by Crippen LogP contribution is 2.15. The third kappa shape index (κ3) is 2.54. The van der Waals surface area contributed by atoms with Gasteiger partial charge in [-0.05, 0) is 0 Å². The van der Waals surface area contributed by atoms with Crippen molar-refractivity contribution in [1.29, 1.82) is 0 Å². The van der Waals surface area contributed by atoms with Crippen molar-refractivity contribution in [3.8, 4) is 0 Å². The van der Waals surface area contributed by atoms with E-state index in [-0.39, 0.29) is 0 Å². The Balaban J connectivity index is 1.68. The standard InChI is InChI=1S/C11H14BrN3OS/c12-5-10-8-14(1-3-16-10)6-9-7-15-2-4-17-11(15)13-9/h2,4,7,10H,1,3,5-6,8H2.